The first-order valence-corrected chi connectivity index (χ1v) is 26.8. The molecule has 0 unspecified atom stereocenters. The number of nitrogens with zero attached hydrogens (tertiary/aromatic N) is 1. The highest BCUT2D eigenvalue weighted by Gasteiger charge is 2.52. The zero-order chi connectivity index (χ0) is 62.6. The molecule has 4 nitrogen and oxygen atoms in total. The van der Waals surface area contributed by atoms with Gasteiger partial charge in [-0.05, 0) is 18.6 Å². The van der Waals surface area contributed by atoms with Crippen molar-refractivity contribution >= 4 is 50.7 Å². The Balaban J connectivity index is 0.000000274. The molecule has 0 fully saturated rings. The van der Waals surface area contributed by atoms with Crippen molar-refractivity contribution in [2.45, 2.75) is 116 Å². The van der Waals surface area contributed by atoms with E-state index in [0.29, 0.717) is 17.9 Å². The number of rotatable bonds is 25. The molecule has 85 heavy (non-hydrogen) atoms. The van der Waals surface area contributed by atoms with Crippen LogP contribution in [0.15, 0.2) is 66.7 Å². The van der Waals surface area contributed by atoms with Gasteiger partial charge in [0.25, 0.3) is 5.69 Å². The molecular formula is C60H50BF20NO3. The van der Waals surface area contributed by atoms with Gasteiger partial charge < -0.3 is 4.74 Å². The lowest BCUT2D eigenvalue weighted by molar-refractivity contribution is -0.659. The summed E-state index contributed by atoms with van der Waals surface area (Å²) < 4.78 is 301. The largest absolute Gasteiger partial charge is 0.458 e. The van der Waals surface area contributed by atoms with Crippen molar-refractivity contribution in [3.8, 4) is 0 Å². The van der Waals surface area contributed by atoms with Gasteiger partial charge in [-0.15, -0.1) is 21.9 Å². The monoisotopic (exact) mass is 1220 g/mol. The fourth-order valence-electron chi connectivity index (χ4n) is 10.2. The molecule has 0 aliphatic rings. The van der Waals surface area contributed by atoms with Crippen molar-refractivity contribution in [1.29, 1.82) is 0 Å². The first-order valence-electron chi connectivity index (χ1n) is 26.8. The summed E-state index contributed by atoms with van der Waals surface area (Å²) in [4.78, 5) is 26.0. The summed E-state index contributed by atoms with van der Waals surface area (Å²) >= 11 is 0. The molecule has 0 spiro atoms. The van der Waals surface area contributed by atoms with E-state index in [1.807, 2.05) is 60.7 Å². The Bertz CT molecular complexity index is 3190. The number of fused-ring (bicyclic) bond motifs is 1. The van der Waals surface area contributed by atoms with Gasteiger partial charge in [-0.3, -0.25) is 4.79 Å². The van der Waals surface area contributed by atoms with Crippen LogP contribution in [-0.4, -0.2) is 24.5 Å². The maximum absolute atomic E-state index is 15.4. The Morgan fingerprint density at radius 3 is 0.988 bits per heavy atom. The smallest absolute Gasteiger partial charge is 0.403 e. The summed E-state index contributed by atoms with van der Waals surface area (Å²) in [5, 5.41) is 0.984. The van der Waals surface area contributed by atoms with Crippen molar-refractivity contribution in [2.75, 3.05) is 6.61 Å². The number of pyridine rings is 1. The predicted molar refractivity (Wildman–Crippen MR) is 274 cm³/mol. The predicted octanol–water partition coefficient (Wildman–Crippen LogP) is 15.3. The lowest BCUT2D eigenvalue weighted by Gasteiger charge is -2.44. The van der Waals surface area contributed by atoms with Crippen molar-refractivity contribution < 1.29 is 107 Å². The fraction of sp³-hybridized carbons (Fsp3) is 0.317. The van der Waals surface area contributed by atoms with Crippen LogP contribution in [0.1, 0.15) is 131 Å². The SMILES string of the molecule is CCCCCCCCCCCCCCCCCCOC(=O)c1ccc2ccccc2[n+]1CC(=O)c1ccccc1.Fc1c(F)c(F)c([B-](c2c(F)c(F)c(F)c(F)c2F)(c2c(F)c(F)c(F)c(F)c2F)c2c(F)c(F)c(F)c(F)c2F)c(F)c1F. The zero-order valence-electron chi connectivity index (χ0n) is 44.9. The first kappa shape index (κ1) is 66.7. The summed E-state index contributed by atoms with van der Waals surface area (Å²) in [6.07, 6.45) is 13.8. The second-order valence-corrected chi connectivity index (χ2v) is 19.9. The van der Waals surface area contributed by atoms with Gasteiger partial charge in [-0.1, -0.05) is 146 Å². The van der Waals surface area contributed by atoms with E-state index in [-0.39, 0.29) is 18.3 Å². The van der Waals surface area contributed by atoms with Gasteiger partial charge >= 0.3 is 5.97 Å². The number of ketones is 1. The molecule has 0 aliphatic carbocycles. The molecule has 7 rings (SSSR count). The molecule has 0 saturated carbocycles. The molecule has 0 bridgehead atoms. The van der Waals surface area contributed by atoms with Crippen LogP contribution in [0.5, 0.6) is 0 Å². The highest BCUT2D eigenvalue weighted by atomic mass is 19.2. The third kappa shape index (κ3) is 13.8. The fourth-order valence-corrected chi connectivity index (χ4v) is 10.2. The quantitative estimate of drug-likeness (QED) is 0.00837. The van der Waals surface area contributed by atoms with E-state index in [1.54, 1.807) is 10.6 Å². The average molecular weight is 1220 g/mol. The first-order chi connectivity index (χ1) is 40.4. The van der Waals surface area contributed by atoms with Crippen LogP contribution >= 0.6 is 0 Å². The molecule has 456 valence electrons. The average Bonchev–Trinajstić information content (AvgIpc) is 0.714. The van der Waals surface area contributed by atoms with E-state index < -0.39 is 144 Å². The molecule has 0 atom stereocenters. The second-order valence-electron chi connectivity index (χ2n) is 19.9. The molecule has 0 saturated heterocycles. The van der Waals surface area contributed by atoms with Gasteiger partial charge in [-0.25, -0.2) is 92.6 Å². The van der Waals surface area contributed by atoms with Crippen molar-refractivity contribution in [1.82, 2.24) is 0 Å². The van der Waals surface area contributed by atoms with Gasteiger partial charge in [0, 0.05) is 23.1 Å². The number of aromatic nitrogens is 1. The van der Waals surface area contributed by atoms with Crippen LogP contribution in [0.25, 0.3) is 10.9 Å². The third-order valence-electron chi connectivity index (χ3n) is 14.5. The number of hydrogen-bond acceptors (Lipinski definition) is 3. The minimum atomic E-state index is -7.22. The summed E-state index contributed by atoms with van der Waals surface area (Å²) in [6.45, 7) is 2.78. The van der Waals surface area contributed by atoms with Crippen LogP contribution in [0.3, 0.4) is 0 Å². The van der Waals surface area contributed by atoms with Crippen LogP contribution in [0.2, 0.25) is 0 Å². The number of carbonyl (C=O) groups excluding carboxylic acids is 2. The molecule has 7 aromatic rings. The van der Waals surface area contributed by atoms with E-state index in [9.17, 15) is 62.3 Å². The van der Waals surface area contributed by atoms with E-state index >= 15 is 35.1 Å². The van der Waals surface area contributed by atoms with E-state index in [4.69, 9.17) is 4.74 Å². The maximum Gasteiger partial charge on any atom is 0.403 e. The van der Waals surface area contributed by atoms with Crippen LogP contribution in [-0.2, 0) is 11.3 Å². The highest BCUT2D eigenvalue weighted by molar-refractivity contribution is 7.20. The number of Topliss-reactive ketones (excluding diaryl/α,β-unsaturated/α-hetero) is 1. The summed E-state index contributed by atoms with van der Waals surface area (Å²) in [7, 11) is 0. The molecule has 1 aromatic heterocycles. The van der Waals surface area contributed by atoms with Crippen molar-refractivity contribution in [3.05, 3.63) is 194 Å². The Morgan fingerprint density at radius 2 is 0.647 bits per heavy atom. The molecule has 0 amide bonds. The van der Waals surface area contributed by atoms with Crippen LogP contribution in [0, 0.1) is 116 Å². The summed E-state index contributed by atoms with van der Waals surface area (Å²) in [6, 6.07) is 20.7. The van der Waals surface area contributed by atoms with Gasteiger partial charge in [0.2, 0.25) is 17.8 Å². The molecule has 25 heteroatoms. The second kappa shape index (κ2) is 29.6. The van der Waals surface area contributed by atoms with Gasteiger partial charge in [0.15, 0.2) is 69.8 Å². The number of hydrogen-bond donors (Lipinski definition) is 0. The van der Waals surface area contributed by atoms with Crippen molar-refractivity contribution in [3.63, 3.8) is 0 Å². The van der Waals surface area contributed by atoms with E-state index in [1.165, 1.54) is 89.9 Å². The molecule has 6 aromatic carbocycles. The topological polar surface area (TPSA) is 47.2 Å². The molecule has 0 aliphatic heterocycles. The molecular weight excluding hydrogens is 1170 g/mol. The minimum absolute atomic E-state index is 0.0335. The standard InChI is InChI=1S/C36H50NO3.C24BF20/c1-2-3-4-5-6-7-8-9-10-11-12-13-14-15-16-22-29-40-36(39)34-28-27-31-23-20-21-26-33(31)37(34)30-35(38)32-24-18-17-19-25-32;26-5-1(6(27)14(35)21(42)13(5)34)25(2-7(28)15(36)22(43)16(37)8(2)29,3-9(30)17(38)23(44)18(39)10(3)31)4-11(32)19(40)24(45)20(41)12(4)33/h17-21,23-28H,2-16,22,29-30H2,1H3;/q+1;-1. The lowest BCUT2D eigenvalue weighted by atomic mass is 9.12. The number of para-hydroxylation sites is 1. The molecule has 0 N–H and O–H groups in total. The normalized spacial score (nSPS) is 11.6. The van der Waals surface area contributed by atoms with E-state index in [0.717, 1.165) is 23.7 Å². The van der Waals surface area contributed by atoms with Crippen LogP contribution < -0.4 is 26.4 Å². The Labute approximate surface area is 473 Å². The van der Waals surface area contributed by atoms with Crippen LogP contribution in [0.4, 0.5) is 87.8 Å². The Kier molecular flexibility index (Phi) is 23.2. The van der Waals surface area contributed by atoms with E-state index in [2.05, 4.69) is 6.92 Å². The number of benzene rings is 6. The molecule has 1 heterocycles. The highest BCUT2D eigenvalue weighted by Crippen LogP contribution is 2.31. The third-order valence-corrected chi connectivity index (χ3v) is 14.5. The summed E-state index contributed by atoms with van der Waals surface area (Å²) in [5.41, 5.74) is -12.4. The number of halogens is 20. The number of carbonyl (C=O) groups is 2. The van der Waals surface area contributed by atoms with Gasteiger partial charge in [0.05, 0.1) is 6.61 Å². The summed E-state index contributed by atoms with van der Waals surface area (Å²) in [5.74, 6) is -71.8. The van der Waals surface area contributed by atoms with Gasteiger partial charge in [0.1, 0.15) is 52.7 Å². The maximum atomic E-state index is 15.4. The number of unbranched alkanes of at least 4 members (excludes halogenated alkanes) is 15. The number of esters is 1. The van der Waals surface area contributed by atoms with Gasteiger partial charge in [-0.2, -0.15) is 4.57 Å². The minimum Gasteiger partial charge on any atom is -0.458 e. The Morgan fingerprint density at radius 1 is 0.353 bits per heavy atom. The lowest BCUT2D eigenvalue weighted by Crippen LogP contribution is -2.81. The van der Waals surface area contributed by atoms with Crippen molar-refractivity contribution in [2.24, 2.45) is 0 Å². The number of ether oxygens (including phenoxy) is 1. The molecule has 0 radical (unpaired) electrons. The zero-order valence-corrected chi connectivity index (χ0v) is 44.9. The Hall–Kier alpha value is -7.47.